The highest BCUT2D eigenvalue weighted by Gasteiger charge is 2.31. The summed E-state index contributed by atoms with van der Waals surface area (Å²) in [5, 5.41) is 1.32. The number of ketones is 1. The first-order valence-corrected chi connectivity index (χ1v) is 9.92. The van der Waals surface area contributed by atoms with Crippen LogP contribution in [0.15, 0.2) is 76.9 Å². The molecule has 1 aliphatic rings. The molecule has 1 aliphatic heterocycles. The summed E-state index contributed by atoms with van der Waals surface area (Å²) in [6.07, 6.45) is 1.60. The molecule has 0 bridgehead atoms. The molecule has 1 aromatic heterocycles. The van der Waals surface area contributed by atoms with Crippen molar-refractivity contribution >= 4 is 40.4 Å². The van der Waals surface area contributed by atoms with Crippen LogP contribution in [0.1, 0.15) is 32.0 Å². The summed E-state index contributed by atoms with van der Waals surface area (Å²) in [6, 6.07) is 19.3. The van der Waals surface area contributed by atoms with Crippen LogP contribution in [0.2, 0.25) is 5.02 Å². The van der Waals surface area contributed by atoms with E-state index in [0.717, 1.165) is 5.39 Å². The fourth-order valence-corrected chi connectivity index (χ4v) is 3.63. The number of para-hydroxylation sites is 1. The van der Waals surface area contributed by atoms with Gasteiger partial charge in [-0.3, -0.25) is 4.79 Å². The topological polar surface area (TPSA) is 65.7 Å². The fourth-order valence-electron chi connectivity index (χ4n) is 3.44. The van der Waals surface area contributed by atoms with Crippen molar-refractivity contribution in [3.63, 3.8) is 0 Å². The Morgan fingerprint density at radius 1 is 1.03 bits per heavy atom. The highest BCUT2D eigenvalue weighted by Crippen LogP contribution is 2.40. The second-order valence-electron chi connectivity index (χ2n) is 7.06. The summed E-state index contributed by atoms with van der Waals surface area (Å²) in [5.41, 5.74) is 2.22. The summed E-state index contributed by atoms with van der Waals surface area (Å²) in [7, 11) is 0. The molecule has 0 radical (unpaired) electrons. The van der Waals surface area contributed by atoms with E-state index < -0.39 is 5.97 Å². The van der Waals surface area contributed by atoms with E-state index in [1.54, 1.807) is 49.4 Å². The lowest BCUT2D eigenvalue weighted by Crippen LogP contribution is -2.08. The standard InChI is InChI=1S/C25H15ClO5/c1-14-19(31-25(28)22-13-16-7-3-5-9-20(16)29-22)11-10-17-23(27)21(30-24(14)17)12-15-6-2-4-8-18(15)26/h2-13H,1H3/b21-12-. The number of ether oxygens (including phenoxy) is 2. The Balaban J connectivity index is 1.43. The Morgan fingerprint density at radius 3 is 2.61 bits per heavy atom. The Morgan fingerprint density at radius 2 is 1.81 bits per heavy atom. The van der Waals surface area contributed by atoms with Gasteiger partial charge in [-0.05, 0) is 48.9 Å². The Kier molecular flexibility index (Phi) is 4.60. The number of fused-ring (bicyclic) bond motifs is 2. The van der Waals surface area contributed by atoms with Gasteiger partial charge in [0.1, 0.15) is 17.1 Å². The highest BCUT2D eigenvalue weighted by molar-refractivity contribution is 6.32. The van der Waals surface area contributed by atoms with Gasteiger partial charge in [-0.15, -0.1) is 0 Å². The number of Topliss-reactive ketones (excluding diaryl/α,β-unsaturated/α-hetero) is 1. The van der Waals surface area contributed by atoms with Crippen LogP contribution in [0.3, 0.4) is 0 Å². The van der Waals surface area contributed by atoms with Crippen LogP contribution in [-0.4, -0.2) is 11.8 Å². The number of hydrogen-bond donors (Lipinski definition) is 0. The van der Waals surface area contributed by atoms with Crippen molar-refractivity contribution in [2.24, 2.45) is 0 Å². The summed E-state index contributed by atoms with van der Waals surface area (Å²) in [4.78, 5) is 25.4. The van der Waals surface area contributed by atoms with E-state index in [1.165, 1.54) is 0 Å². The maximum Gasteiger partial charge on any atom is 0.379 e. The number of halogens is 1. The van der Waals surface area contributed by atoms with Crippen molar-refractivity contribution in [2.45, 2.75) is 6.92 Å². The van der Waals surface area contributed by atoms with Crippen LogP contribution in [0, 0.1) is 6.92 Å². The number of hydrogen-bond acceptors (Lipinski definition) is 5. The van der Waals surface area contributed by atoms with E-state index in [2.05, 4.69) is 0 Å². The molecule has 31 heavy (non-hydrogen) atoms. The number of rotatable bonds is 3. The first-order chi connectivity index (χ1) is 15.0. The lowest BCUT2D eigenvalue weighted by atomic mass is 10.1. The van der Waals surface area contributed by atoms with Gasteiger partial charge in [-0.1, -0.05) is 48.0 Å². The zero-order valence-corrected chi connectivity index (χ0v) is 17.1. The number of carbonyl (C=O) groups is 2. The van der Waals surface area contributed by atoms with Crippen LogP contribution in [0.4, 0.5) is 0 Å². The summed E-state index contributed by atoms with van der Waals surface area (Å²) in [6.45, 7) is 1.73. The third-order valence-electron chi connectivity index (χ3n) is 5.06. The predicted octanol–water partition coefficient (Wildman–Crippen LogP) is 6.23. The van der Waals surface area contributed by atoms with Gasteiger partial charge in [0.25, 0.3) is 0 Å². The molecular formula is C25H15ClO5. The van der Waals surface area contributed by atoms with Crippen molar-refractivity contribution in [2.75, 3.05) is 0 Å². The number of furan rings is 1. The van der Waals surface area contributed by atoms with E-state index >= 15 is 0 Å². The van der Waals surface area contributed by atoms with E-state index in [-0.39, 0.29) is 23.1 Å². The van der Waals surface area contributed by atoms with Gasteiger partial charge in [0.15, 0.2) is 5.76 Å². The van der Waals surface area contributed by atoms with Gasteiger partial charge >= 0.3 is 5.97 Å². The third-order valence-corrected chi connectivity index (χ3v) is 5.40. The molecule has 0 fully saturated rings. The van der Waals surface area contributed by atoms with Crippen molar-refractivity contribution in [3.8, 4) is 11.5 Å². The minimum absolute atomic E-state index is 0.0948. The number of allylic oxidation sites excluding steroid dienone is 1. The molecule has 0 aliphatic carbocycles. The summed E-state index contributed by atoms with van der Waals surface area (Å²) >= 11 is 6.19. The molecular weight excluding hydrogens is 416 g/mol. The monoisotopic (exact) mass is 430 g/mol. The van der Waals surface area contributed by atoms with Crippen LogP contribution in [-0.2, 0) is 0 Å². The molecule has 0 N–H and O–H groups in total. The second kappa shape index (κ2) is 7.45. The molecule has 0 saturated carbocycles. The van der Waals surface area contributed by atoms with Crippen molar-refractivity contribution < 1.29 is 23.5 Å². The minimum atomic E-state index is -0.629. The van der Waals surface area contributed by atoms with Crippen molar-refractivity contribution in [1.29, 1.82) is 0 Å². The number of esters is 1. The average Bonchev–Trinajstić information content (AvgIpc) is 3.34. The molecule has 0 amide bonds. The third kappa shape index (κ3) is 3.39. The van der Waals surface area contributed by atoms with Gasteiger partial charge < -0.3 is 13.9 Å². The minimum Gasteiger partial charge on any atom is -0.452 e. The van der Waals surface area contributed by atoms with Gasteiger partial charge in [0.2, 0.25) is 11.5 Å². The molecule has 0 saturated heterocycles. The molecule has 2 heterocycles. The normalized spacial score (nSPS) is 14.0. The average molecular weight is 431 g/mol. The van der Waals surface area contributed by atoms with E-state index in [9.17, 15) is 9.59 Å². The smallest absolute Gasteiger partial charge is 0.379 e. The molecule has 3 aromatic carbocycles. The number of benzene rings is 3. The van der Waals surface area contributed by atoms with Crippen molar-refractivity contribution in [3.05, 3.63) is 100.0 Å². The van der Waals surface area contributed by atoms with E-state index in [4.69, 9.17) is 25.5 Å². The van der Waals surface area contributed by atoms with Crippen LogP contribution < -0.4 is 9.47 Å². The molecule has 0 spiro atoms. The highest BCUT2D eigenvalue weighted by atomic mass is 35.5. The Hall–Kier alpha value is -3.83. The first-order valence-electron chi connectivity index (χ1n) is 9.54. The largest absolute Gasteiger partial charge is 0.452 e. The maximum atomic E-state index is 12.8. The zero-order chi connectivity index (χ0) is 21.5. The maximum absolute atomic E-state index is 12.8. The summed E-state index contributed by atoms with van der Waals surface area (Å²) < 4.78 is 16.9. The van der Waals surface area contributed by atoms with Gasteiger partial charge in [-0.2, -0.15) is 0 Å². The first kappa shape index (κ1) is 19.2. The van der Waals surface area contributed by atoms with Gasteiger partial charge in [-0.25, -0.2) is 4.79 Å². The molecule has 5 nitrogen and oxygen atoms in total. The Bertz CT molecular complexity index is 1360. The molecule has 4 aromatic rings. The van der Waals surface area contributed by atoms with Crippen LogP contribution >= 0.6 is 11.6 Å². The predicted molar refractivity (Wildman–Crippen MR) is 117 cm³/mol. The lowest BCUT2D eigenvalue weighted by Gasteiger charge is -2.09. The van der Waals surface area contributed by atoms with E-state index in [0.29, 0.717) is 33.0 Å². The van der Waals surface area contributed by atoms with Gasteiger partial charge in [0.05, 0.1) is 5.56 Å². The summed E-state index contributed by atoms with van der Waals surface area (Å²) in [5.74, 6) is 0.0159. The Labute approximate surface area is 182 Å². The van der Waals surface area contributed by atoms with E-state index in [1.807, 2.05) is 30.3 Å². The molecule has 0 atom stereocenters. The second-order valence-corrected chi connectivity index (χ2v) is 7.47. The quantitative estimate of drug-likeness (QED) is 0.219. The molecule has 152 valence electrons. The molecule has 0 unspecified atom stereocenters. The molecule has 5 rings (SSSR count). The fraction of sp³-hybridized carbons (Fsp3) is 0.0400. The van der Waals surface area contributed by atoms with Crippen LogP contribution in [0.25, 0.3) is 17.0 Å². The lowest BCUT2D eigenvalue weighted by molar-refractivity contribution is 0.0702. The van der Waals surface area contributed by atoms with Crippen LogP contribution in [0.5, 0.6) is 11.5 Å². The van der Waals surface area contributed by atoms with Gasteiger partial charge in [0, 0.05) is 16.0 Å². The SMILES string of the molecule is Cc1c(OC(=O)c2cc3ccccc3o2)ccc2c1O/C(=C\c1ccccc1Cl)C2=O. The number of carbonyl (C=O) groups excluding carboxylic acids is 2. The zero-order valence-electron chi connectivity index (χ0n) is 16.3. The van der Waals surface area contributed by atoms with Crippen molar-refractivity contribution in [1.82, 2.24) is 0 Å². The molecule has 6 heteroatoms.